The minimum Gasteiger partial charge on any atom is -0.458 e. The highest BCUT2D eigenvalue weighted by atomic mass is 16.5. The Hall–Kier alpha value is -0.830. The lowest BCUT2D eigenvalue weighted by atomic mass is 10.1. The molecule has 0 radical (unpaired) electrons. The van der Waals surface area contributed by atoms with Crippen molar-refractivity contribution in [1.82, 2.24) is 4.90 Å². The SMILES string of the molecule is C/C=C/C(=O)OC1CCCN(C)C1. The van der Waals surface area contributed by atoms with E-state index in [9.17, 15) is 4.79 Å². The molecule has 74 valence electrons. The number of likely N-dealkylation sites (tertiary alicyclic amines) is 1. The second-order valence-electron chi connectivity index (χ2n) is 3.46. The van der Waals surface area contributed by atoms with E-state index in [-0.39, 0.29) is 12.1 Å². The third kappa shape index (κ3) is 3.59. The summed E-state index contributed by atoms with van der Waals surface area (Å²) in [4.78, 5) is 13.3. The maximum Gasteiger partial charge on any atom is 0.330 e. The van der Waals surface area contributed by atoms with Gasteiger partial charge in [-0.1, -0.05) is 6.08 Å². The minimum absolute atomic E-state index is 0.0856. The van der Waals surface area contributed by atoms with Crippen molar-refractivity contribution in [2.45, 2.75) is 25.9 Å². The highest BCUT2D eigenvalue weighted by Crippen LogP contribution is 2.11. The molecule has 3 heteroatoms. The van der Waals surface area contributed by atoms with Crippen molar-refractivity contribution in [1.29, 1.82) is 0 Å². The number of hydrogen-bond donors (Lipinski definition) is 0. The monoisotopic (exact) mass is 183 g/mol. The second kappa shape index (κ2) is 5.02. The first-order valence-corrected chi connectivity index (χ1v) is 4.74. The minimum atomic E-state index is -0.220. The number of carbonyl (C=O) groups is 1. The average molecular weight is 183 g/mol. The van der Waals surface area contributed by atoms with Crippen molar-refractivity contribution in [3.63, 3.8) is 0 Å². The van der Waals surface area contributed by atoms with Crippen molar-refractivity contribution in [2.24, 2.45) is 0 Å². The third-order valence-corrected chi connectivity index (χ3v) is 2.17. The Balaban J connectivity index is 2.31. The molecule has 0 bridgehead atoms. The van der Waals surface area contributed by atoms with Gasteiger partial charge in [0.1, 0.15) is 6.10 Å². The van der Waals surface area contributed by atoms with Crippen LogP contribution in [0.1, 0.15) is 19.8 Å². The van der Waals surface area contributed by atoms with E-state index in [4.69, 9.17) is 4.74 Å². The van der Waals surface area contributed by atoms with Crippen LogP contribution in [0.25, 0.3) is 0 Å². The number of ether oxygens (including phenoxy) is 1. The molecular formula is C10H17NO2. The van der Waals surface area contributed by atoms with Crippen LogP contribution in [0.3, 0.4) is 0 Å². The number of carbonyl (C=O) groups excluding carboxylic acids is 1. The molecule has 0 amide bonds. The Kier molecular flexibility index (Phi) is 3.96. The summed E-state index contributed by atoms with van der Waals surface area (Å²) < 4.78 is 5.23. The molecule has 1 heterocycles. The van der Waals surface area contributed by atoms with Gasteiger partial charge in [0.2, 0.25) is 0 Å². The fraction of sp³-hybridized carbons (Fsp3) is 0.700. The van der Waals surface area contributed by atoms with E-state index in [1.54, 1.807) is 6.08 Å². The van der Waals surface area contributed by atoms with Gasteiger partial charge in [-0.25, -0.2) is 4.79 Å². The third-order valence-electron chi connectivity index (χ3n) is 2.17. The van der Waals surface area contributed by atoms with Gasteiger partial charge < -0.3 is 9.64 Å². The summed E-state index contributed by atoms with van der Waals surface area (Å²) in [6.45, 7) is 3.79. The maximum absolute atomic E-state index is 11.1. The number of piperidine rings is 1. The fourth-order valence-electron chi connectivity index (χ4n) is 1.55. The summed E-state index contributed by atoms with van der Waals surface area (Å²) in [6.07, 6.45) is 5.36. The molecular weight excluding hydrogens is 166 g/mol. The van der Waals surface area contributed by atoms with E-state index in [1.807, 2.05) is 6.92 Å². The van der Waals surface area contributed by atoms with Gasteiger partial charge in [0.15, 0.2) is 0 Å². The summed E-state index contributed by atoms with van der Waals surface area (Å²) >= 11 is 0. The van der Waals surface area contributed by atoms with Crippen molar-refractivity contribution < 1.29 is 9.53 Å². The highest BCUT2D eigenvalue weighted by molar-refractivity contribution is 5.81. The van der Waals surface area contributed by atoms with Gasteiger partial charge >= 0.3 is 5.97 Å². The zero-order valence-corrected chi connectivity index (χ0v) is 8.32. The Morgan fingerprint density at radius 1 is 1.62 bits per heavy atom. The summed E-state index contributed by atoms with van der Waals surface area (Å²) in [6, 6.07) is 0. The Morgan fingerprint density at radius 2 is 2.38 bits per heavy atom. The van der Waals surface area contributed by atoms with E-state index in [2.05, 4.69) is 11.9 Å². The number of nitrogens with zero attached hydrogens (tertiary/aromatic N) is 1. The first kappa shape index (κ1) is 10.3. The first-order chi connectivity index (χ1) is 6.22. The lowest BCUT2D eigenvalue weighted by Gasteiger charge is -2.28. The topological polar surface area (TPSA) is 29.5 Å². The molecule has 0 saturated carbocycles. The van der Waals surface area contributed by atoms with Gasteiger partial charge in [0.05, 0.1) is 0 Å². The van der Waals surface area contributed by atoms with E-state index in [1.165, 1.54) is 6.08 Å². The van der Waals surface area contributed by atoms with Gasteiger partial charge in [0, 0.05) is 12.6 Å². The summed E-state index contributed by atoms with van der Waals surface area (Å²) in [5, 5.41) is 0. The second-order valence-corrected chi connectivity index (χ2v) is 3.46. The summed E-state index contributed by atoms with van der Waals surface area (Å²) in [7, 11) is 2.05. The van der Waals surface area contributed by atoms with Gasteiger partial charge in [-0.05, 0) is 33.4 Å². The Bertz CT molecular complexity index is 201. The Labute approximate surface area is 79.4 Å². The van der Waals surface area contributed by atoms with Gasteiger partial charge in [-0.2, -0.15) is 0 Å². The molecule has 1 saturated heterocycles. The maximum atomic E-state index is 11.1. The van der Waals surface area contributed by atoms with Crippen LogP contribution in [0.15, 0.2) is 12.2 Å². The van der Waals surface area contributed by atoms with Gasteiger partial charge in [-0.3, -0.25) is 0 Å². The molecule has 0 aromatic carbocycles. The zero-order valence-electron chi connectivity index (χ0n) is 8.32. The number of esters is 1. The van der Waals surface area contributed by atoms with E-state index >= 15 is 0 Å². The number of likely N-dealkylation sites (N-methyl/N-ethyl adjacent to an activating group) is 1. The van der Waals surface area contributed by atoms with Crippen LogP contribution in [0.4, 0.5) is 0 Å². The molecule has 1 unspecified atom stereocenters. The highest BCUT2D eigenvalue weighted by Gasteiger charge is 2.19. The van der Waals surface area contributed by atoms with Crippen molar-refractivity contribution in [2.75, 3.05) is 20.1 Å². The Morgan fingerprint density at radius 3 is 3.00 bits per heavy atom. The number of allylic oxidation sites excluding steroid dienone is 1. The van der Waals surface area contributed by atoms with E-state index < -0.39 is 0 Å². The molecule has 0 aromatic heterocycles. The molecule has 0 aromatic rings. The van der Waals surface area contributed by atoms with Crippen molar-refractivity contribution in [3.05, 3.63) is 12.2 Å². The molecule has 1 rings (SSSR count). The van der Waals surface area contributed by atoms with E-state index in [0.29, 0.717) is 0 Å². The fourth-order valence-corrected chi connectivity index (χ4v) is 1.55. The average Bonchev–Trinajstić information content (AvgIpc) is 2.04. The van der Waals surface area contributed by atoms with E-state index in [0.717, 1.165) is 25.9 Å². The lowest BCUT2D eigenvalue weighted by Crippen LogP contribution is -2.37. The molecule has 1 aliphatic heterocycles. The standard InChI is InChI=1S/C10H17NO2/c1-3-5-10(12)13-9-6-4-7-11(2)8-9/h3,5,9H,4,6-8H2,1-2H3/b5-3+. The molecule has 3 nitrogen and oxygen atoms in total. The van der Waals surface area contributed by atoms with Crippen LogP contribution in [0.5, 0.6) is 0 Å². The molecule has 13 heavy (non-hydrogen) atoms. The van der Waals surface area contributed by atoms with Crippen LogP contribution < -0.4 is 0 Å². The van der Waals surface area contributed by atoms with Crippen LogP contribution in [-0.2, 0) is 9.53 Å². The number of rotatable bonds is 2. The van der Waals surface area contributed by atoms with Crippen LogP contribution in [0.2, 0.25) is 0 Å². The normalized spacial score (nSPS) is 24.9. The zero-order chi connectivity index (χ0) is 9.68. The molecule has 0 aliphatic carbocycles. The van der Waals surface area contributed by atoms with Gasteiger partial charge in [0.25, 0.3) is 0 Å². The molecule has 1 aliphatic rings. The molecule has 1 atom stereocenters. The number of hydrogen-bond acceptors (Lipinski definition) is 3. The van der Waals surface area contributed by atoms with Crippen LogP contribution in [-0.4, -0.2) is 37.1 Å². The predicted octanol–water partition coefficient (Wildman–Crippen LogP) is 1.20. The van der Waals surface area contributed by atoms with Crippen LogP contribution in [0, 0.1) is 0 Å². The summed E-state index contributed by atoms with van der Waals surface area (Å²) in [5.41, 5.74) is 0. The molecule has 0 spiro atoms. The van der Waals surface area contributed by atoms with Gasteiger partial charge in [-0.15, -0.1) is 0 Å². The largest absolute Gasteiger partial charge is 0.458 e. The predicted molar refractivity (Wildman–Crippen MR) is 51.4 cm³/mol. The van der Waals surface area contributed by atoms with Crippen LogP contribution >= 0.6 is 0 Å². The quantitative estimate of drug-likeness (QED) is 0.476. The smallest absolute Gasteiger partial charge is 0.330 e. The van der Waals surface area contributed by atoms with Crippen molar-refractivity contribution in [3.8, 4) is 0 Å². The summed E-state index contributed by atoms with van der Waals surface area (Å²) in [5.74, 6) is -0.220. The first-order valence-electron chi connectivity index (χ1n) is 4.74. The molecule has 0 N–H and O–H groups in total. The molecule has 1 fully saturated rings. The lowest BCUT2D eigenvalue weighted by molar-refractivity contribution is -0.145. The van der Waals surface area contributed by atoms with Crippen molar-refractivity contribution >= 4 is 5.97 Å².